The van der Waals surface area contributed by atoms with E-state index in [1.54, 1.807) is 31.2 Å². The van der Waals surface area contributed by atoms with E-state index in [1.807, 2.05) is 0 Å². The fraction of sp³-hybridized carbons (Fsp3) is 0.304. The van der Waals surface area contributed by atoms with Crippen LogP contribution in [0.2, 0.25) is 5.15 Å². The second-order valence-corrected chi connectivity index (χ2v) is 10.2. The third kappa shape index (κ3) is 4.95. The van der Waals surface area contributed by atoms with E-state index in [4.69, 9.17) is 11.6 Å². The van der Waals surface area contributed by atoms with Gasteiger partial charge in [-0.1, -0.05) is 30.2 Å². The summed E-state index contributed by atoms with van der Waals surface area (Å²) in [6, 6.07) is 12.1. The molecule has 2 aromatic carbocycles. The summed E-state index contributed by atoms with van der Waals surface area (Å²) in [6.07, 6.45) is 2.81. The lowest BCUT2D eigenvalue weighted by atomic mass is 10.2. The maximum absolute atomic E-state index is 13.2. The third-order valence-electron chi connectivity index (χ3n) is 5.63. The maximum Gasteiger partial charge on any atom is 0.256 e. The van der Waals surface area contributed by atoms with Gasteiger partial charge in [0, 0.05) is 19.6 Å². The molecule has 4 rings (SSSR count). The van der Waals surface area contributed by atoms with Gasteiger partial charge >= 0.3 is 0 Å². The molecule has 1 aromatic heterocycles. The van der Waals surface area contributed by atoms with Gasteiger partial charge in [0.05, 0.1) is 21.8 Å². The molecule has 1 fully saturated rings. The standard InChI is InChI=1S/C23H24ClFN4O3S/c1-16-21(22(24)29(27-16)19-9-7-18(25)8-10-19)23(30)26-15-17-5-11-20(12-6-17)33(31,32)28-13-3-2-4-14-28/h5-12H,2-4,13-15H2,1H3,(H,26,30). The van der Waals surface area contributed by atoms with Crippen LogP contribution in [0.1, 0.15) is 40.9 Å². The van der Waals surface area contributed by atoms with Crippen molar-refractivity contribution in [2.45, 2.75) is 37.6 Å². The summed E-state index contributed by atoms with van der Waals surface area (Å²) in [7, 11) is -3.50. The summed E-state index contributed by atoms with van der Waals surface area (Å²) >= 11 is 6.40. The lowest BCUT2D eigenvalue weighted by Gasteiger charge is -2.25. The van der Waals surface area contributed by atoms with Crippen LogP contribution in [0.4, 0.5) is 4.39 Å². The molecule has 0 bridgehead atoms. The van der Waals surface area contributed by atoms with Crippen molar-refractivity contribution in [2.75, 3.05) is 13.1 Å². The summed E-state index contributed by atoms with van der Waals surface area (Å²) in [6.45, 7) is 2.96. The predicted molar refractivity (Wildman–Crippen MR) is 123 cm³/mol. The zero-order valence-electron chi connectivity index (χ0n) is 18.1. The Morgan fingerprint density at radius 2 is 1.70 bits per heavy atom. The number of carbonyl (C=O) groups is 1. The van der Waals surface area contributed by atoms with Crippen molar-refractivity contribution in [3.05, 3.63) is 76.3 Å². The Hall–Kier alpha value is -2.75. The average molecular weight is 491 g/mol. The van der Waals surface area contributed by atoms with Gasteiger partial charge in [0.2, 0.25) is 10.0 Å². The van der Waals surface area contributed by atoms with E-state index in [-0.39, 0.29) is 28.0 Å². The molecular formula is C23H24ClFN4O3S. The first-order valence-electron chi connectivity index (χ1n) is 10.7. The summed E-state index contributed by atoms with van der Waals surface area (Å²) in [4.78, 5) is 13.0. The van der Waals surface area contributed by atoms with E-state index in [2.05, 4.69) is 10.4 Å². The third-order valence-corrected chi connectivity index (χ3v) is 7.89. The van der Waals surface area contributed by atoms with Crippen LogP contribution < -0.4 is 5.32 Å². The number of aromatic nitrogens is 2. The highest BCUT2D eigenvalue weighted by Crippen LogP contribution is 2.24. The van der Waals surface area contributed by atoms with Gasteiger partial charge in [-0.05, 0) is 61.7 Å². The van der Waals surface area contributed by atoms with Crippen LogP contribution >= 0.6 is 11.6 Å². The summed E-state index contributed by atoms with van der Waals surface area (Å²) in [5.41, 5.74) is 1.95. The SMILES string of the molecule is Cc1nn(-c2ccc(F)cc2)c(Cl)c1C(=O)NCc1ccc(S(=O)(=O)N2CCCCC2)cc1. The molecule has 1 N–H and O–H groups in total. The topological polar surface area (TPSA) is 84.3 Å². The van der Waals surface area contributed by atoms with Gasteiger partial charge in [-0.3, -0.25) is 4.79 Å². The molecule has 0 spiro atoms. The number of rotatable bonds is 6. The molecule has 7 nitrogen and oxygen atoms in total. The Morgan fingerprint density at radius 1 is 1.06 bits per heavy atom. The fourth-order valence-electron chi connectivity index (χ4n) is 3.81. The highest BCUT2D eigenvalue weighted by molar-refractivity contribution is 7.89. The number of hydrogen-bond acceptors (Lipinski definition) is 4. The molecule has 3 aromatic rings. The Balaban J connectivity index is 1.44. The smallest absolute Gasteiger partial charge is 0.256 e. The summed E-state index contributed by atoms with van der Waals surface area (Å²) in [5, 5.41) is 7.22. The highest BCUT2D eigenvalue weighted by atomic mass is 35.5. The van der Waals surface area contributed by atoms with Gasteiger partial charge in [-0.25, -0.2) is 17.5 Å². The number of hydrogen-bond donors (Lipinski definition) is 1. The van der Waals surface area contributed by atoms with Crippen LogP contribution in [0.15, 0.2) is 53.4 Å². The number of benzene rings is 2. The number of nitrogens with zero attached hydrogens (tertiary/aromatic N) is 3. The van der Waals surface area contributed by atoms with Crippen LogP contribution in [0, 0.1) is 12.7 Å². The molecule has 33 heavy (non-hydrogen) atoms. The molecule has 0 radical (unpaired) electrons. The summed E-state index contributed by atoms with van der Waals surface area (Å²) in [5.74, 6) is -0.789. The minimum Gasteiger partial charge on any atom is -0.348 e. The van der Waals surface area contributed by atoms with Crippen LogP contribution in [-0.2, 0) is 16.6 Å². The van der Waals surface area contributed by atoms with E-state index < -0.39 is 15.9 Å². The Bertz CT molecular complexity index is 1250. The summed E-state index contributed by atoms with van der Waals surface area (Å²) < 4.78 is 41.7. The number of nitrogens with one attached hydrogen (secondary N) is 1. The molecule has 1 aliphatic rings. The largest absolute Gasteiger partial charge is 0.348 e. The molecule has 1 amide bonds. The van der Waals surface area contributed by atoms with Gasteiger partial charge in [0.25, 0.3) is 5.91 Å². The number of sulfonamides is 1. The normalized spacial score (nSPS) is 14.9. The van der Waals surface area contributed by atoms with Crippen molar-refractivity contribution < 1.29 is 17.6 Å². The van der Waals surface area contributed by atoms with Crippen molar-refractivity contribution in [1.82, 2.24) is 19.4 Å². The number of carbonyl (C=O) groups excluding carboxylic acids is 1. The lowest BCUT2D eigenvalue weighted by Crippen LogP contribution is -2.35. The van der Waals surface area contributed by atoms with Crippen molar-refractivity contribution in [2.24, 2.45) is 0 Å². The van der Waals surface area contributed by atoms with Crippen molar-refractivity contribution in [1.29, 1.82) is 0 Å². The van der Waals surface area contributed by atoms with Gasteiger partial charge in [-0.15, -0.1) is 0 Å². The first-order valence-corrected chi connectivity index (χ1v) is 12.5. The van der Waals surface area contributed by atoms with Gasteiger partial charge < -0.3 is 5.32 Å². The number of aryl methyl sites for hydroxylation is 1. The fourth-order valence-corrected chi connectivity index (χ4v) is 5.69. The monoisotopic (exact) mass is 490 g/mol. The van der Waals surface area contributed by atoms with Crippen LogP contribution in [-0.4, -0.2) is 41.5 Å². The van der Waals surface area contributed by atoms with Crippen LogP contribution in [0.5, 0.6) is 0 Å². The molecule has 174 valence electrons. The molecule has 0 saturated carbocycles. The Morgan fingerprint density at radius 3 is 2.33 bits per heavy atom. The molecule has 0 atom stereocenters. The highest BCUT2D eigenvalue weighted by Gasteiger charge is 2.26. The first kappa shape index (κ1) is 23.4. The molecule has 0 aliphatic carbocycles. The number of piperidine rings is 1. The van der Waals surface area contributed by atoms with E-state index in [0.29, 0.717) is 24.5 Å². The quantitative estimate of drug-likeness (QED) is 0.564. The van der Waals surface area contributed by atoms with E-state index in [9.17, 15) is 17.6 Å². The minimum absolute atomic E-state index is 0.125. The van der Waals surface area contributed by atoms with Crippen LogP contribution in [0.25, 0.3) is 5.69 Å². The molecule has 0 unspecified atom stereocenters. The second kappa shape index (κ2) is 9.62. The Kier molecular flexibility index (Phi) is 6.83. The number of amides is 1. The van der Waals surface area contributed by atoms with Crippen molar-refractivity contribution in [3.8, 4) is 5.69 Å². The van der Waals surface area contributed by atoms with Gasteiger partial charge in [-0.2, -0.15) is 9.40 Å². The number of halogens is 2. The maximum atomic E-state index is 13.2. The first-order chi connectivity index (χ1) is 15.8. The molecule has 1 saturated heterocycles. The van der Waals surface area contributed by atoms with E-state index >= 15 is 0 Å². The average Bonchev–Trinajstić information content (AvgIpc) is 3.12. The van der Waals surface area contributed by atoms with Crippen molar-refractivity contribution in [3.63, 3.8) is 0 Å². The van der Waals surface area contributed by atoms with E-state index in [0.717, 1.165) is 24.8 Å². The van der Waals surface area contributed by atoms with Gasteiger partial charge in [0.15, 0.2) is 0 Å². The minimum atomic E-state index is -3.50. The molecule has 1 aliphatic heterocycles. The van der Waals surface area contributed by atoms with Crippen molar-refractivity contribution >= 4 is 27.5 Å². The lowest BCUT2D eigenvalue weighted by molar-refractivity contribution is 0.0950. The molecule has 2 heterocycles. The zero-order valence-corrected chi connectivity index (χ0v) is 19.7. The Labute approximate surface area is 197 Å². The van der Waals surface area contributed by atoms with E-state index in [1.165, 1.54) is 33.3 Å². The van der Waals surface area contributed by atoms with Gasteiger partial charge in [0.1, 0.15) is 11.0 Å². The molecular weight excluding hydrogens is 467 g/mol. The molecule has 10 heteroatoms. The van der Waals surface area contributed by atoms with Crippen LogP contribution in [0.3, 0.4) is 0 Å². The zero-order chi connectivity index (χ0) is 23.6. The predicted octanol–water partition coefficient (Wildman–Crippen LogP) is 4.08. The second-order valence-electron chi connectivity index (χ2n) is 7.93.